The Morgan fingerprint density at radius 1 is 1.44 bits per heavy atom. The third-order valence-corrected chi connectivity index (χ3v) is 3.59. The average molecular weight is 231 g/mol. The number of thiazole rings is 1. The molecule has 0 radical (unpaired) electrons. The molecule has 16 heavy (non-hydrogen) atoms. The van der Waals surface area contributed by atoms with Gasteiger partial charge in [0, 0.05) is 12.6 Å². The molecule has 0 aliphatic carbocycles. The molecule has 3 nitrogen and oxygen atoms in total. The van der Waals surface area contributed by atoms with E-state index in [-0.39, 0.29) is 6.10 Å². The first-order valence-electron chi connectivity index (χ1n) is 5.02. The fourth-order valence-corrected chi connectivity index (χ4v) is 2.59. The van der Waals surface area contributed by atoms with Crippen LogP contribution in [0.3, 0.4) is 0 Å². The van der Waals surface area contributed by atoms with Crippen LogP contribution in [0.2, 0.25) is 0 Å². The molecule has 1 unspecified atom stereocenters. The number of carbonyl (C=O) groups excluding carboxylic acids is 1. The Morgan fingerprint density at radius 3 is 3.06 bits per heavy atom. The van der Waals surface area contributed by atoms with Gasteiger partial charge in [-0.3, -0.25) is 4.79 Å². The molecular weight excluding hydrogens is 222 g/mol. The zero-order valence-electron chi connectivity index (χ0n) is 8.42. The molecule has 1 aliphatic heterocycles. The van der Waals surface area contributed by atoms with Crippen molar-refractivity contribution >= 4 is 17.6 Å². The van der Waals surface area contributed by atoms with Crippen LogP contribution < -0.4 is 4.74 Å². The van der Waals surface area contributed by atoms with Crippen molar-refractivity contribution in [3.63, 3.8) is 0 Å². The van der Waals surface area contributed by atoms with Crippen LogP contribution in [0.5, 0.6) is 5.75 Å². The second-order valence-corrected chi connectivity index (χ2v) is 4.73. The van der Waals surface area contributed by atoms with Gasteiger partial charge in [-0.1, -0.05) is 18.2 Å². The molecule has 3 rings (SSSR count). The standard InChI is InChI=1S/C12H9NO2S/c14-7-9-6-13-12(16-9)11-5-8-3-1-2-4-10(8)15-11/h1-4,6-7,11H,5H2. The van der Waals surface area contributed by atoms with Gasteiger partial charge >= 0.3 is 0 Å². The fourth-order valence-electron chi connectivity index (χ4n) is 1.82. The number of hydrogen-bond donors (Lipinski definition) is 0. The summed E-state index contributed by atoms with van der Waals surface area (Å²) in [7, 11) is 0. The van der Waals surface area contributed by atoms with Crippen LogP contribution in [0.25, 0.3) is 0 Å². The van der Waals surface area contributed by atoms with E-state index in [1.807, 2.05) is 18.2 Å². The van der Waals surface area contributed by atoms with Crippen LogP contribution in [0, 0.1) is 0 Å². The van der Waals surface area contributed by atoms with E-state index in [4.69, 9.17) is 4.74 Å². The average Bonchev–Trinajstić information content (AvgIpc) is 2.95. The van der Waals surface area contributed by atoms with E-state index in [9.17, 15) is 4.79 Å². The van der Waals surface area contributed by atoms with Crippen molar-refractivity contribution in [3.05, 3.63) is 45.9 Å². The summed E-state index contributed by atoms with van der Waals surface area (Å²) in [6, 6.07) is 7.98. The Labute approximate surface area is 96.7 Å². The highest BCUT2D eigenvalue weighted by Gasteiger charge is 2.26. The Balaban J connectivity index is 1.88. The van der Waals surface area contributed by atoms with Crippen LogP contribution in [-0.2, 0) is 6.42 Å². The number of nitrogens with zero attached hydrogens (tertiary/aromatic N) is 1. The number of ether oxygens (including phenoxy) is 1. The van der Waals surface area contributed by atoms with Gasteiger partial charge < -0.3 is 4.74 Å². The number of aromatic nitrogens is 1. The van der Waals surface area contributed by atoms with Gasteiger partial charge in [0.25, 0.3) is 0 Å². The summed E-state index contributed by atoms with van der Waals surface area (Å²) in [5, 5.41) is 0.873. The van der Waals surface area contributed by atoms with Crippen molar-refractivity contribution in [3.8, 4) is 5.75 Å². The Bertz CT molecular complexity index is 510. The van der Waals surface area contributed by atoms with E-state index < -0.39 is 0 Å². The lowest BCUT2D eigenvalue weighted by molar-refractivity contribution is 0.112. The minimum atomic E-state index is -0.0314. The molecule has 0 saturated carbocycles. The van der Waals surface area contributed by atoms with Crippen molar-refractivity contribution in [2.24, 2.45) is 0 Å². The lowest BCUT2D eigenvalue weighted by Crippen LogP contribution is -2.01. The lowest BCUT2D eigenvalue weighted by Gasteiger charge is -2.05. The molecular formula is C12H9NO2S. The zero-order valence-corrected chi connectivity index (χ0v) is 9.24. The molecule has 1 aliphatic rings. The number of aldehydes is 1. The van der Waals surface area contributed by atoms with Gasteiger partial charge in [0.15, 0.2) is 12.4 Å². The third-order valence-electron chi connectivity index (χ3n) is 2.58. The molecule has 0 N–H and O–H groups in total. The van der Waals surface area contributed by atoms with Gasteiger partial charge in [-0.15, -0.1) is 11.3 Å². The minimum Gasteiger partial charge on any atom is -0.483 e. The zero-order chi connectivity index (χ0) is 11.0. The summed E-state index contributed by atoms with van der Waals surface area (Å²) in [5.41, 5.74) is 1.20. The van der Waals surface area contributed by atoms with E-state index in [0.29, 0.717) is 4.88 Å². The summed E-state index contributed by atoms with van der Waals surface area (Å²) in [6.45, 7) is 0. The molecule has 0 saturated heterocycles. The highest BCUT2D eigenvalue weighted by atomic mass is 32.1. The van der Waals surface area contributed by atoms with E-state index in [1.54, 1.807) is 6.20 Å². The van der Waals surface area contributed by atoms with Gasteiger partial charge in [-0.25, -0.2) is 4.98 Å². The number of hydrogen-bond acceptors (Lipinski definition) is 4. The first kappa shape index (κ1) is 9.54. The molecule has 4 heteroatoms. The number of benzene rings is 1. The van der Waals surface area contributed by atoms with Gasteiger partial charge in [0.05, 0.1) is 4.88 Å². The number of fused-ring (bicyclic) bond motifs is 1. The van der Waals surface area contributed by atoms with Crippen LogP contribution in [0.15, 0.2) is 30.5 Å². The van der Waals surface area contributed by atoms with Gasteiger partial charge in [-0.2, -0.15) is 0 Å². The topological polar surface area (TPSA) is 39.2 Å². The Hall–Kier alpha value is -1.68. The molecule has 0 spiro atoms. The first-order valence-corrected chi connectivity index (χ1v) is 5.84. The maximum atomic E-state index is 10.6. The molecule has 0 bridgehead atoms. The maximum Gasteiger partial charge on any atom is 0.161 e. The van der Waals surface area contributed by atoms with Gasteiger partial charge in [0.2, 0.25) is 0 Å². The summed E-state index contributed by atoms with van der Waals surface area (Å²) < 4.78 is 5.78. The monoisotopic (exact) mass is 231 g/mol. The highest BCUT2D eigenvalue weighted by Crippen LogP contribution is 2.37. The molecule has 1 atom stereocenters. The predicted octanol–water partition coefficient (Wildman–Crippen LogP) is 2.63. The maximum absolute atomic E-state index is 10.6. The Kier molecular flexibility index (Phi) is 2.22. The third kappa shape index (κ3) is 1.51. The second-order valence-electron chi connectivity index (χ2n) is 3.64. The van der Waals surface area contributed by atoms with E-state index >= 15 is 0 Å². The van der Waals surface area contributed by atoms with Crippen LogP contribution in [-0.4, -0.2) is 11.3 Å². The second kappa shape index (κ2) is 3.72. The molecule has 80 valence electrons. The number of carbonyl (C=O) groups is 1. The summed E-state index contributed by atoms with van der Waals surface area (Å²) >= 11 is 1.40. The van der Waals surface area contributed by atoms with Crippen molar-refractivity contribution in [1.82, 2.24) is 4.98 Å². The molecule has 1 aromatic heterocycles. The first-order chi connectivity index (χ1) is 7.86. The summed E-state index contributed by atoms with van der Waals surface area (Å²) in [4.78, 5) is 15.4. The van der Waals surface area contributed by atoms with E-state index in [0.717, 1.165) is 23.5 Å². The summed E-state index contributed by atoms with van der Waals surface area (Å²) in [5.74, 6) is 0.926. The lowest BCUT2D eigenvalue weighted by atomic mass is 10.1. The largest absolute Gasteiger partial charge is 0.483 e. The SMILES string of the molecule is O=Cc1cnc(C2Cc3ccccc3O2)s1. The molecule has 0 fully saturated rings. The molecule has 2 heterocycles. The van der Waals surface area contributed by atoms with Gasteiger partial charge in [-0.05, 0) is 11.6 Å². The van der Waals surface area contributed by atoms with Crippen LogP contribution >= 0.6 is 11.3 Å². The predicted molar refractivity (Wildman–Crippen MR) is 61.0 cm³/mol. The molecule has 2 aromatic rings. The molecule has 0 amide bonds. The smallest absolute Gasteiger partial charge is 0.161 e. The highest BCUT2D eigenvalue weighted by molar-refractivity contribution is 7.13. The number of rotatable bonds is 2. The van der Waals surface area contributed by atoms with Crippen molar-refractivity contribution in [1.29, 1.82) is 0 Å². The summed E-state index contributed by atoms with van der Waals surface area (Å²) in [6.07, 6.45) is 3.22. The quantitative estimate of drug-likeness (QED) is 0.746. The van der Waals surface area contributed by atoms with Crippen molar-refractivity contribution in [2.75, 3.05) is 0 Å². The Morgan fingerprint density at radius 2 is 2.31 bits per heavy atom. The van der Waals surface area contributed by atoms with Crippen LogP contribution in [0.4, 0.5) is 0 Å². The van der Waals surface area contributed by atoms with Crippen molar-refractivity contribution < 1.29 is 9.53 Å². The van der Waals surface area contributed by atoms with E-state index in [1.165, 1.54) is 16.9 Å². The molecule has 1 aromatic carbocycles. The fraction of sp³-hybridized carbons (Fsp3) is 0.167. The minimum absolute atomic E-state index is 0.0314. The van der Waals surface area contributed by atoms with Gasteiger partial charge in [0.1, 0.15) is 10.8 Å². The van der Waals surface area contributed by atoms with Crippen LogP contribution in [0.1, 0.15) is 26.3 Å². The number of para-hydroxylation sites is 1. The van der Waals surface area contributed by atoms with E-state index in [2.05, 4.69) is 11.1 Å². The van der Waals surface area contributed by atoms with Crippen molar-refractivity contribution in [2.45, 2.75) is 12.5 Å². The normalized spacial score (nSPS) is 17.9.